The first-order valence-corrected chi connectivity index (χ1v) is 6.84. The van der Waals surface area contributed by atoms with Crippen LogP contribution in [0.1, 0.15) is 20.3 Å². The van der Waals surface area contributed by atoms with E-state index in [0.29, 0.717) is 12.3 Å². The van der Waals surface area contributed by atoms with E-state index in [4.69, 9.17) is 5.73 Å². The molecule has 0 saturated carbocycles. The van der Waals surface area contributed by atoms with Gasteiger partial charge in [0.2, 0.25) is 5.91 Å². The average Bonchev–Trinajstić information content (AvgIpc) is 2.75. The third-order valence-corrected chi connectivity index (χ3v) is 3.47. The SMILES string of the molecule is CC(C)C[C@H](N)C(=O)Nc1ccc2scnc2c1.Cl. The monoisotopic (exact) mass is 299 g/mol. The van der Waals surface area contributed by atoms with Crippen LogP contribution in [0.25, 0.3) is 10.2 Å². The van der Waals surface area contributed by atoms with E-state index in [2.05, 4.69) is 24.1 Å². The van der Waals surface area contributed by atoms with Crippen LogP contribution in [0.3, 0.4) is 0 Å². The highest BCUT2D eigenvalue weighted by atomic mass is 35.5. The van der Waals surface area contributed by atoms with Gasteiger partial charge in [0.25, 0.3) is 0 Å². The van der Waals surface area contributed by atoms with E-state index in [1.54, 1.807) is 16.8 Å². The summed E-state index contributed by atoms with van der Waals surface area (Å²) in [6.07, 6.45) is 0.685. The van der Waals surface area contributed by atoms with Crippen molar-refractivity contribution in [2.24, 2.45) is 11.7 Å². The molecule has 2 rings (SSSR count). The number of hydrogen-bond donors (Lipinski definition) is 2. The summed E-state index contributed by atoms with van der Waals surface area (Å²) in [5, 5.41) is 2.83. The molecule has 0 bridgehead atoms. The van der Waals surface area contributed by atoms with Gasteiger partial charge in [0, 0.05) is 5.69 Å². The zero-order valence-electron chi connectivity index (χ0n) is 10.9. The number of nitrogens with two attached hydrogens (primary N) is 1. The van der Waals surface area contributed by atoms with Crippen molar-refractivity contribution >= 4 is 45.6 Å². The van der Waals surface area contributed by atoms with E-state index in [1.165, 1.54) is 0 Å². The zero-order valence-corrected chi connectivity index (χ0v) is 12.6. The number of aromatic nitrogens is 1. The predicted octanol–water partition coefficient (Wildman–Crippen LogP) is 3.03. The number of anilines is 1. The lowest BCUT2D eigenvalue weighted by atomic mass is 10.0. The van der Waals surface area contributed by atoms with Gasteiger partial charge >= 0.3 is 0 Å². The lowest BCUT2D eigenvalue weighted by Crippen LogP contribution is -2.36. The minimum Gasteiger partial charge on any atom is -0.325 e. The van der Waals surface area contributed by atoms with Crippen molar-refractivity contribution in [2.45, 2.75) is 26.3 Å². The maximum absolute atomic E-state index is 11.9. The third kappa shape index (κ3) is 4.16. The normalized spacial score (nSPS) is 12.2. The van der Waals surface area contributed by atoms with Crippen LogP contribution in [0, 0.1) is 5.92 Å². The number of thiazole rings is 1. The fourth-order valence-corrected chi connectivity index (χ4v) is 2.44. The van der Waals surface area contributed by atoms with Crippen LogP contribution in [-0.2, 0) is 4.79 Å². The van der Waals surface area contributed by atoms with Crippen molar-refractivity contribution in [3.63, 3.8) is 0 Å². The number of carbonyl (C=O) groups is 1. The molecule has 0 unspecified atom stereocenters. The van der Waals surface area contributed by atoms with Crippen LogP contribution in [0.2, 0.25) is 0 Å². The molecule has 0 aliphatic carbocycles. The van der Waals surface area contributed by atoms with Crippen LogP contribution in [0.5, 0.6) is 0 Å². The van der Waals surface area contributed by atoms with Crippen LogP contribution in [0.4, 0.5) is 5.69 Å². The van der Waals surface area contributed by atoms with E-state index in [1.807, 2.05) is 18.2 Å². The zero-order chi connectivity index (χ0) is 13.1. The smallest absolute Gasteiger partial charge is 0.241 e. The van der Waals surface area contributed by atoms with Gasteiger partial charge in [-0.3, -0.25) is 4.79 Å². The van der Waals surface area contributed by atoms with Crippen LogP contribution in [0.15, 0.2) is 23.7 Å². The predicted molar refractivity (Wildman–Crippen MR) is 82.9 cm³/mol. The van der Waals surface area contributed by atoms with Gasteiger partial charge in [0.1, 0.15) is 0 Å². The van der Waals surface area contributed by atoms with E-state index in [0.717, 1.165) is 15.9 Å². The van der Waals surface area contributed by atoms with Crippen molar-refractivity contribution in [1.82, 2.24) is 4.98 Å². The number of nitrogens with zero attached hydrogens (tertiary/aromatic N) is 1. The second-order valence-electron chi connectivity index (χ2n) is 4.76. The van der Waals surface area contributed by atoms with Crippen molar-refractivity contribution in [3.05, 3.63) is 23.7 Å². The Morgan fingerprint density at radius 2 is 2.21 bits per heavy atom. The van der Waals surface area contributed by atoms with Gasteiger partial charge in [-0.2, -0.15) is 0 Å². The Hall–Kier alpha value is -1.17. The Kier molecular flexibility index (Phi) is 5.72. The number of carbonyl (C=O) groups excluding carboxylic acids is 1. The van der Waals surface area contributed by atoms with E-state index < -0.39 is 6.04 Å². The lowest BCUT2D eigenvalue weighted by Gasteiger charge is -2.14. The topological polar surface area (TPSA) is 68.0 Å². The van der Waals surface area contributed by atoms with Gasteiger partial charge in [-0.25, -0.2) is 4.98 Å². The van der Waals surface area contributed by atoms with Crippen molar-refractivity contribution in [3.8, 4) is 0 Å². The molecule has 0 aliphatic rings. The molecular weight excluding hydrogens is 282 g/mol. The molecule has 1 aromatic heterocycles. The molecule has 4 nitrogen and oxygen atoms in total. The number of halogens is 1. The molecule has 0 saturated heterocycles. The highest BCUT2D eigenvalue weighted by Crippen LogP contribution is 2.21. The molecular formula is C13H18ClN3OS. The standard InChI is InChI=1S/C13H17N3OS.ClH/c1-8(2)5-10(14)13(17)16-9-3-4-12-11(6-9)15-7-18-12;/h3-4,6-8,10H,5,14H2,1-2H3,(H,16,17);1H/t10-;/m0./s1. The fraction of sp³-hybridized carbons (Fsp3) is 0.385. The number of benzene rings is 1. The summed E-state index contributed by atoms with van der Waals surface area (Å²) in [7, 11) is 0. The second-order valence-corrected chi connectivity index (χ2v) is 5.65. The highest BCUT2D eigenvalue weighted by molar-refractivity contribution is 7.16. The fourth-order valence-electron chi connectivity index (χ4n) is 1.79. The van der Waals surface area contributed by atoms with E-state index in [-0.39, 0.29) is 18.3 Å². The van der Waals surface area contributed by atoms with Gasteiger partial charge in [0.15, 0.2) is 0 Å². The molecule has 104 valence electrons. The Balaban J connectivity index is 0.00000180. The first-order valence-electron chi connectivity index (χ1n) is 5.96. The first-order chi connectivity index (χ1) is 8.56. The van der Waals surface area contributed by atoms with E-state index in [9.17, 15) is 4.79 Å². The molecule has 19 heavy (non-hydrogen) atoms. The minimum atomic E-state index is -0.462. The number of hydrogen-bond acceptors (Lipinski definition) is 4. The molecule has 0 radical (unpaired) electrons. The summed E-state index contributed by atoms with van der Waals surface area (Å²) in [6.45, 7) is 4.10. The number of fused-ring (bicyclic) bond motifs is 1. The van der Waals surface area contributed by atoms with Crippen LogP contribution >= 0.6 is 23.7 Å². The second kappa shape index (κ2) is 6.84. The Bertz CT molecular complexity index is 556. The molecule has 2 aromatic rings. The Morgan fingerprint density at radius 1 is 1.47 bits per heavy atom. The van der Waals surface area contributed by atoms with Gasteiger partial charge in [-0.15, -0.1) is 23.7 Å². The maximum Gasteiger partial charge on any atom is 0.241 e. The summed E-state index contributed by atoms with van der Waals surface area (Å²) in [6, 6.07) is 5.24. The molecule has 3 N–H and O–H groups in total. The van der Waals surface area contributed by atoms with Gasteiger partial charge in [0.05, 0.1) is 21.8 Å². The summed E-state index contributed by atoms with van der Waals surface area (Å²) in [5.74, 6) is 0.269. The molecule has 1 atom stereocenters. The molecule has 0 aliphatic heterocycles. The van der Waals surface area contributed by atoms with Crippen molar-refractivity contribution < 1.29 is 4.79 Å². The van der Waals surface area contributed by atoms with Crippen molar-refractivity contribution in [2.75, 3.05) is 5.32 Å². The number of rotatable bonds is 4. The van der Waals surface area contributed by atoms with Crippen LogP contribution < -0.4 is 11.1 Å². The Labute approximate surface area is 122 Å². The highest BCUT2D eigenvalue weighted by Gasteiger charge is 2.15. The van der Waals surface area contributed by atoms with Gasteiger partial charge in [-0.05, 0) is 30.5 Å². The summed E-state index contributed by atoms with van der Waals surface area (Å²) in [5.41, 5.74) is 9.27. The Morgan fingerprint density at radius 3 is 2.89 bits per heavy atom. The molecule has 0 spiro atoms. The quantitative estimate of drug-likeness (QED) is 0.912. The van der Waals surface area contributed by atoms with Crippen molar-refractivity contribution in [1.29, 1.82) is 0 Å². The lowest BCUT2D eigenvalue weighted by molar-refractivity contribution is -0.117. The summed E-state index contributed by atoms with van der Waals surface area (Å²) in [4.78, 5) is 16.1. The number of amides is 1. The molecule has 1 heterocycles. The minimum absolute atomic E-state index is 0. The van der Waals surface area contributed by atoms with Gasteiger partial charge in [-0.1, -0.05) is 13.8 Å². The molecule has 1 aromatic carbocycles. The molecule has 6 heteroatoms. The maximum atomic E-state index is 11.9. The average molecular weight is 300 g/mol. The van der Waals surface area contributed by atoms with E-state index >= 15 is 0 Å². The first kappa shape index (κ1) is 15.9. The summed E-state index contributed by atoms with van der Waals surface area (Å²) < 4.78 is 1.11. The number of nitrogens with one attached hydrogen (secondary N) is 1. The third-order valence-electron chi connectivity index (χ3n) is 2.66. The van der Waals surface area contributed by atoms with Gasteiger partial charge < -0.3 is 11.1 Å². The van der Waals surface area contributed by atoms with Crippen LogP contribution in [-0.4, -0.2) is 16.9 Å². The summed E-state index contributed by atoms with van der Waals surface area (Å²) >= 11 is 1.58. The largest absolute Gasteiger partial charge is 0.325 e. The molecule has 1 amide bonds. The molecule has 0 fully saturated rings.